The van der Waals surface area contributed by atoms with Gasteiger partial charge in [-0.15, -0.1) is 24.0 Å². The molecule has 0 atom stereocenters. The van der Waals surface area contributed by atoms with Crippen molar-refractivity contribution in [2.45, 2.75) is 0 Å². The van der Waals surface area contributed by atoms with Gasteiger partial charge in [0.05, 0.1) is 0 Å². The van der Waals surface area contributed by atoms with Crippen molar-refractivity contribution < 1.29 is 46.1 Å². The first-order chi connectivity index (χ1) is 1.73. The van der Waals surface area contributed by atoms with E-state index in [-0.39, 0.29) is 55.0 Å². The second-order valence-electron chi connectivity index (χ2n) is 0.346. The number of hydrogen-bond donors (Lipinski definition) is 3. The van der Waals surface area contributed by atoms with Gasteiger partial charge in [-0.2, -0.15) is 0 Å². The van der Waals surface area contributed by atoms with Crippen molar-refractivity contribution in [3.05, 3.63) is 0 Å². The van der Waals surface area contributed by atoms with E-state index in [1.807, 2.05) is 0 Å². The predicted octanol–water partition coefficient (Wildman–Crippen LogP) is -4.32. The molecule has 0 fully saturated rings. The van der Waals surface area contributed by atoms with Gasteiger partial charge < -0.3 is 16.5 Å². The molecule has 0 saturated carbocycles. The fourth-order valence-electron chi connectivity index (χ4n) is 0. The van der Waals surface area contributed by atoms with Crippen LogP contribution in [0.15, 0.2) is 0 Å². The van der Waals surface area contributed by atoms with E-state index in [1.54, 1.807) is 0 Å². The number of rotatable bonds is 0. The van der Waals surface area contributed by atoms with Crippen molar-refractivity contribution in [1.29, 1.82) is 0 Å². The fraction of sp³-hybridized carbons (Fsp3) is 0. The van der Waals surface area contributed by atoms with E-state index >= 15 is 0 Å². The summed E-state index contributed by atoms with van der Waals surface area (Å²) in [5.74, 6) is 0. The molecule has 6 heteroatoms. The SMILES string of the molecule is I.OB(O)O.[H-].[Na+]. The van der Waals surface area contributed by atoms with Crippen molar-refractivity contribution in [1.82, 2.24) is 0 Å². The molecule has 0 amide bonds. The monoisotopic (exact) mass is 214 g/mol. The minimum absolute atomic E-state index is 0. The van der Waals surface area contributed by atoms with Crippen molar-refractivity contribution in [2.24, 2.45) is 0 Å². The van der Waals surface area contributed by atoms with E-state index < -0.39 is 7.32 Å². The summed E-state index contributed by atoms with van der Waals surface area (Å²) in [7, 11) is -2.17. The second-order valence-corrected chi connectivity index (χ2v) is 0.346. The van der Waals surface area contributed by atoms with E-state index in [0.717, 1.165) is 0 Å². The Kier molecular flexibility index (Phi) is 25.6. The molecule has 0 aliphatic heterocycles. The van der Waals surface area contributed by atoms with Crippen LogP contribution in [0, 0.1) is 0 Å². The third-order valence-electron chi connectivity index (χ3n) is 0. The molecular weight excluding hydrogens is 209 g/mol. The Morgan fingerprint density at radius 3 is 1.17 bits per heavy atom. The Morgan fingerprint density at radius 2 is 1.17 bits per heavy atom. The minimum Gasteiger partial charge on any atom is -1.00 e. The summed E-state index contributed by atoms with van der Waals surface area (Å²) in [4.78, 5) is 0. The Morgan fingerprint density at radius 1 is 1.17 bits per heavy atom. The van der Waals surface area contributed by atoms with Gasteiger partial charge in [0.1, 0.15) is 0 Å². The molecule has 3 N–H and O–H groups in total. The Bertz CT molecular complexity index is 19.7. The standard InChI is InChI=1S/BH3O3.HI.Na.H/c2-1(3)4;;;/h2-4H;1H;;/q;;+1;-1. The zero-order chi connectivity index (χ0) is 3.58. The largest absolute Gasteiger partial charge is 1.00 e. The summed E-state index contributed by atoms with van der Waals surface area (Å²) < 4.78 is 0. The molecule has 34 valence electrons. The van der Waals surface area contributed by atoms with Crippen molar-refractivity contribution in [3.8, 4) is 0 Å². The first-order valence-electron chi connectivity index (χ1n) is 0.775. The first kappa shape index (κ1) is 15.6. The first-order valence-corrected chi connectivity index (χ1v) is 0.775. The predicted molar refractivity (Wildman–Crippen MR) is 28.9 cm³/mol. The van der Waals surface area contributed by atoms with Crippen LogP contribution in [-0.2, 0) is 0 Å². The Balaban J connectivity index is -0.0000000150. The molecule has 0 saturated heterocycles. The molecule has 0 spiro atoms. The molecule has 0 aromatic heterocycles. The maximum absolute atomic E-state index is 7.17. The van der Waals surface area contributed by atoms with Gasteiger partial charge in [-0.1, -0.05) is 0 Å². The van der Waals surface area contributed by atoms with Crippen LogP contribution < -0.4 is 29.6 Å². The Labute approximate surface area is 76.7 Å². The van der Waals surface area contributed by atoms with Gasteiger partial charge in [-0.05, 0) is 0 Å². The quantitative estimate of drug-likeness (QED) is 0.282. The summed E-state index contributed by atoms with van der Waals surface area (Å²) >= 11 is 0. The van der Waals surface area contributed by atoms with E-state index in [0.29, 0.717) is 0 Å². The van der Waals surface area contributed by atoms with Crippen LogP contribution in [0.4, 0.5) is 0 Å². The van der Waals surface area contributed by atoms with Crippen LogP contribution in [0.3, 0.4) is 0 Å². The zero-order valence-electron chi connectivity index (χ0n) is 4.33. The Hall–Kier alpha value is 1.67. The third-order valence-corrected chi connectivity index (χ3v) is 0. The van der Waals surface area contributed by atoms with Crippen LogP contribution in [0.25, 0.3) is 0 Å². The molecule has 0 bridgehead atoms. The molecule has 0 rings (SSSR count). The van der Waals surface area contributed by atoms with Gasteiger partial charge in [0.15, 0.2) is 0 Å². The number of hydrogen-bond acceptors (Lipinski definition) is 3. The van der Waals surface area contributed by atoms with Gasteiger partial charge >= 0.3 is 36.9 Å². The van der Waals surface area contributed by atoms with E-state index in [9.17, 15) is 0 Å². The summed E-state index contributed by atoms with van der Waals surface area (Å²) in [5.41, 5.74) is 0. The van der Waals surface area contributed by atoms with Crippen molar-refractivity contribution >= 4 is 31.3 Å². The summed E-state index contributed by atoms with van der Waals surface area (Å²) in [5, 5.41) is 21.5. The topological polar surface area (TPSA) is 60.7 Å². The van der Waals surface area contributed by atoms with Crippen LogP contribution in [-0.4, -0.2) is 22.4 Å². The number of halogens is 1. The third kappa shape index (κ3) is 44.2. The van der Waals surface area contributed by atoms with Crippen LogP contribution >= 0.6 is 24.0 Å². The molecule has 0 aromatic rings. The van der Waals surface area contributed by atoms with Crippen molar-refractivity contribution in [3.63, 3.8) is 0 Å². The average molecular weight is 214 g/mol. The van der Waals surface area contributed by atoms with Gasteiger partial charge in [-0.3, -0.25) is 0 Å². The van der Waals surface area contributed by atoms with Gasteiger partial charge in [0.25, 0.3) is 0 Å². The van der Waals surface area contributed by atoms with Crippen LogP contribution in [0.5, 0.6) is 0 Å². The fourth-order valence-corrected chi connectivity index (χ4v) is 0. The zero-order valence-corrected chi connectivity index (χ0v) is 7.66. The molecule has 0 radical (unpaired) electrons. The molecule has 6 heavy (non-hydrogen) atoms. The molecule has 0 aliphatic rings. The molecule has 0 aliphatic carbocycles. The van der Waals surface area contributed by atoms with Crippen LogP contribution in [0.1, 0.15) is 1.43 Å². The van der Waals surface area contributed by atoms with E-state index in [1.165, 1.54) is 0 Å². The van der Waals surface area contributed by atoms with Crippen LogP contribution in [0.2, 0.25) is 0 Å². The van der Waals surface area contributed by atoms with E-state index in [4.69, 9.17) is 15.1 Å². The normalized spacial score (nSPS) is 4.50. The van der Waals surface area contributed by atoms with Gasteiger partial charge in [-0.25, -0.2) is 0 Å². The summed E-state index contributed by atoms with van der Waals surface area (Å²) in [6.45, 7) is 0. The average Bonchev–Trinajstić information content (AvgIpc) is 0.811. The maximum Gasteiger partial charge on any atom is 1.00 e. The summed E-state index contributed by atoms with van der Waals surface area (Å²) in [6.07, 6.45) is 0. The van der Waals surface area contributed by atoms with E-state index in [2.05, 4.69) is 0 Å². The van der Waals surface area contributed by atoms with Gasteiger partial charge in [0, 0.05) is 0 Å². The minimum atomic E-state index is -2.17. The molecular formula is H5BINaO3. The molecule has 0 aromatic carbocycles. The molecule has 3 nitrogen and oxygen atoms in total. The molecule has 0 heterocycles. The summed E-state index contributed by atoms with van der Waals surface area (Å²) in [6, 6.07) is 0. The van der Waals surface area contributed by atoms with Gasteiger partial charge in [0.2, 0.25) is 0 Å². The second kappa shape index (κ2) is 9.84. The smallest absolute Gasteiger partial charge is 1.00 e. The van der Waals surface area contributed by atoms with Crippen molar-refractivity contribution in [2.75, 3.05) is 0 Å². The molecule has 0 unspecified atom stereocenters. The maximum atomic E-state index is 7.17.